The number of likely N-dealkylation sites (N-methyl/N-ethyl adjacent to an activating group) is 2. The zero-order valence-corrected chi connectivity index (χ0v) is 14.4. The average molecular weight is 329 g/mol. The number of hydrogen-bond donors (Lipinski definition) is 2. The standard InChI is InChI=1S/C15H25BrN2O/c1-7-18-8-12(17-5)13-11(4)14(16)9(2)10(3)15(13)19-6/h12,17-18H,7-8H2,1-6H3. The smallest absolute Gasteiger partial charge is 0.127 e. The summed E-state index contributed by atoms with van der Waals surface area (Å²) >= 11 is 3.71. The molecule has 1 atom stereocenters. The maximum Gasteiger partial charge on any atom is 0.127 e. The molecule has 0 heterocycles. The van der Waals surface area contributed by atoms with E-state index >= 15 is 0 Å². The Balaban J connectivity index is 3.38. The molecule has 19 heavy (non-hydrogen) atoms. The van der Waals surface area contributed by atoms with E-state index in [1.165, 1.54) is 26.7 Å². The number of ether oxygens (including phenoxy) is 1. The van der Waals surface area contributed by atoms with Gasteiger partial charge in [-0.1, -0.05) is 22.9 Å². The molecule has 0 saturated carbocycles. The molecule has 2 N–H and O–H groups in total. The normalized spacial score (nSPS) is 12.6. The van der Waals surface area contributed by atoms with Crippen molar-refractivity contribution in [2.45, 2.75) is 33.7 Å². The highest BCUT2D eigenvalue weighted by molar-refractivity contribution is 9.10. The van der Waals surface area contributed by atoms with Gasteiger partial charge in [0.25, 0.3) is 0 Å². The number of methoxy groups -OCH3 is 1. The minimum atomic E-state index is 0.241. The molecule has 1 unspecified atom stereocenters. The molecule has 1 rings (SSSR count). The Morgan fingerprint density at radius 2 is 1.79 bits per heavy atom. The molecule has 1 aromatic rings. The highest BCUT2D eigenvalue weighted by Gasteiger charge is 2.22. The first-order chi connectivity index (χ1) is 8.99. The van der Waals surface area contributed by atoms with E-state index in [9.17, 15) is 0 Å². The molecule has 0 fully saturated rings. The molecule has 0 spiro atoms. The highest BCUT2D eigenvalue weighted by atomic mass is 79.9. The number of halogens is 1. The topological polar surface area (TPSA) is 33.3 Å². The first kappa shape index (κ1) is 16.5. The van der Waals surface area contributed by atoms with Crippen molar-refractivity contribution in [2.24, 2.45) is 0 Å². The van der Waals surface area contributed by atoms with E-state index in [1.807, 2.05) is 7.05 Å². The van der Waals surface area contributed by atoms with E-state index in [4.69, 9.17) is 4.74 Å². The Labute approximate surface area is 125 Å². The van der Waals surface area contributed by atoms with Gasteiger partial charge in [0.2, 0.25) is 0 Å². The van der Waals surface area contributed by atoms with Crippen LogP contribution in [0.25, 0.3) is 0 Å². The van der Waals surface area contributed by atoms with Crippen LogP contribution in [0.2, 0.25) is 0 Å². The number of nitrogens with one attached hydrogen (secondary N) is 2. The van der Waals surface area contributed by atoms with Gasteiger partial charge in [-0.25, -0.2) is 0 Å². The third-order valence-electron chi connectivity index (χ3n) is 3.71. The summed E-state index contributed by atoms with van der Waals surface area (Å²) in [6.07, 6.45) is 0. The van der Waals surface area contributed by atoms with E-state index in [2.05, 4.69) is 54.3 Å². The van der Waals surface area contributed by atoms with E-state index in [1.54, 1.807) is 7.11 Å². The van der Waals surface area contributed by atoms with Gasteiger partial charge in [0.05, 0.1) is 7.11 Å². The second kappa shape index (κ2) is 7.27. The molecule has 0 aliphatic rings. The largest absolute Gasteiger partial charge is 0.496 e. The molecule has 0 saturated heterocycles. The summed E-state index contributed by atoms with van der Waals surface area (Å²) in [5.41, 5.74) is 4.93. The van der Waals surface area contributed by atoms with Gasteiger partial charge < -0.3 is 15.4 Å². The first-order valence-corrected chi connectivity index (χ1v) is 7.49. The zero-order chi connectivity index (χ0) is 14.6. The number of benzene rings is 1. The van der Waals surface area contributed by atoms with Crippen LogP contribution in [-0.4, -0.2) is 27.2 Å². The third-order valence-corrected chi connectivity index (χ3v) is 4.90. The summed E-state index contributed by atoms with van der Waals surface area (Å²) in [5.74, 6) is 0.996. The summed E-state index contributed by atoms with van der Waals surface area (Å²) in [5, 5.41) is 6.78. The highest BCUT2D eigenvalue weighted by Crippen LogP contribution is 2.39. The molecule has 1 aromatic carbocycles. The lowest BCUT2D eigenvalue weighted by Crippen LogP contribution is -2.30. The zero-order valence-electron chi connectivity index (χ0n) is 12.8. The van der Waals surface area contributed by atoms with Crippen molar-refractivity contribution >= 4 is 15.9 Å². The van der Waals surface area contributed by atoms with Crippen LogP contribution >= 0.6 is 15.9 Å². The third kappa shape index (κ3) is 3.30. The van der Waals surface area contributed by atoms with Crippen LogP contribution < -0.4 is 15.4 Å². The van der Waals surface area contributed by atoms with Crippen LogP contribution in [0.4, 0.5) is 0 Å². The molecule has 0 aliphatic carbocycles. The summed E-state index contributed by atoms with van der Waals surface area (Å²) in [7, 11) is 3.74. The van der Waals surface area contributed by atoms with Crippen LogP contribution in [0, 0.1) is 20.8 Å². The second-order valence-corrected chi connectivity index (χ2v) is 5.58. The van der Waals surface area contributed by atoms with E-state index in [0.717, 1.165) is 18.8 Å². The summed E-state index contributed by atoms with van der Waals surface area (Å²) in [6.45, 7) is 10.3. The monoisotopic (exact) mass is 328 g/mol. The van der Waals surface area contributed by atoms with E-state index < -0.39 is 0 Å². The van der Waals surface area contributed by atoms with Gasteiger partial charge in [-0.05, 0) is 51.1 Å². The van der Waals surface area contributed by atoms with Gasteiger partial charge in [-0.15, -0.1) is 0 Å². The molecular formula is C15H25BrN2O. The van der Waals surface area contributed by atoms with Crippen LogP contribution in [0.5, 0.6) is 5.75 Å². The molecule has 108 valence electrons. The average Bonchev–Trinajstić information content (AvgIpc) is 2.42. The Bertz CT molecular complexity index is 447. The van der Waals surface area contributed by atoms with Crippen molar-refractivity contribution in [3.05, 3.63) is 26.7 Å². The molecule has 0 radical (unpaired) electrons. The molecule has 0 aliphatic heterocycles. The molecule has 4 heteroatoms. The van der Waals surface area contributed by atoms with Crippen LogP contribution in [0.1, 0.15) is 35.2 Å². The lowest BCUT2D eigenvalue weighted by molar-refractivity contribution is 0.395. The fourth-order valence-electron chi connectivity index (χ4n) is 2.43. The van der Waals surface area contributed by atoms with Crippen molar-refractivity contribution in [1.29, 1.82) is 0 Å². The predicted molar refractivity (Wildman–Crippen MR) is 85.2 cm³/mol. The summed E-state index contributed by atoms with van der Waals surface area (Å²) < 4.78 is 6.85. The summed E-state index contributed by atoms with van der Waals surface area (Å²) in [4.78, 5) is 0. The Kier molecular flexibility index (Phi) is 6.30. The Morgan fingerprint density at radius 1 is 1.16 bits per heavy atom. The second-order valence-electron chi connectivity index (χ2n) is 4.78. The van der Waals surface area contributed by atoms with Crippen molar-refractivity contribution in [3.63, 3.8) is 0 Å². The van der Waals surface area contributed by atoms with Crippen molar-refractivity contribution in [1.82, 2.24) is 10.6 Å². The maximum atomic E-state index is 5.67. The molecule has 3 nitrogen and oxygen atoms in total. The molecule has 0 aromatic heterocycles. The fourth-order valence-corrected chi connectivity index (χ4v) is 2.94. The molecule has 0 amide bonds. The SMILES string of the molecule is CCNCC(NC)c1c(C)c(Br)c(C)c(C)c1OC. The van der Waals surface area contributed by atoms with Gasteiger partial charge in [-0.2, -0.15) is 0 Å². The van der Waals surface area contributed by atoms with E-state index in [0.29, 0.717) is 0 Å². The van der Waals surface area contributed by atoms with Crippen molar-refractivity contribution in [2.75, 3.05) is 27.2 Å². The van der Waals surface area contributed by atoms with Gasteiger partial charge in [0.15, 0.2) is 0 Å². The lowest BCUT2D eigenvalue weighted by Gasteiger charge is -2.25. The Morgan fingerprint density at radius 3 is 2.26 bits per heavy atom. The number of hydrogen-bond acceptors (Lipinski definition) is 3. The van der Waals surface area contributed by atoms with E-state index in [-0.39, 0.29) is 6.04 Å². The lowest BCUT2D eigenvalue weighted by atomic mass is 9.94. The first-order valence-electron chi connectivity index (χ1n) is 6.70. The minimum Gasteiger partial charge on any atom is -0.496 e. The van der Waals surface area contributed by atoms with Crippen LogP contribution in [0.15, 0.2) is 4.47 Å². The number of rotatable bonds is 6. The minimum absolute atomic E-state index is 0.241. The van der Waals surface area contributed by atoms with Gasteiger partial charge in [0.1, 0.15) is 5.75 Å². The quantitative estimate of drug-likeness (QED) is 0.840. The van der Waals surface area contributed by atoms with Gasteiger partial charge in [-0.3, -0.25) is 0 Å². The van der Waals surface area contributed by atoms with Crippen LogP contribution in [-0.2, 0) is 0 Å². The van der Waals surface area contributed by atoms with Gasteiger partial charge >= 0.3 is 0 Å². The Hall–Kier alpha value is -0.580. The fraction of sp³-hybridized carbons (Fsp3) is 0.600. The molecule has 0 bridgehead atoms. The predicted octanol–water partition coefficient (Wildman–Crippen LogP) is 3.25. The van der Waals surface area contributed by atoms with Crippen LogP contribution in [0.3, 0.4) is 0 Å². The van der Waals surface area contributed by atoms with Crippen molar-refractivity contribution in [3.8, 4) is 5.75 Å². The van der Waals surface area contributed by atoms with Crippen molar-refractivity contribution < 1.29 is 4.74 Å². The van der Waals surface area contributed by atoms with Gasteiger partial charge in [0, 0.05) is 22.6 Å². The molecular weight excluding hydrogens is 304 g/mol. The summed E-state index contributed by atoms with van der Waals surface area (Å²) in [6, 6.07) is 0.241. The maximum absolute atomic E-state index is 5.67.